The predicted octanol–water partition coefficient (Wildman–Crippen LogP) is 3.15. The van der Waals surface area contributed by atoms with Crippen molar-refractivity contribution in [1.29, 1.82) is 5.26 Å². The molecule has 25 heavy (non-hydrogen) atoms. The fraction of sp³-hybridized carbons (Fsp3) is 0.167. The van der Waals surface area contributed by atoms with Crippen LogP contribution < -0.4 is 4.90 Å². The lowest BCUT2D eigenvalue weighted by Gasteiger charge is -2.21. The van der Waals surface area contributed by atoms with Crippen LogP contribution in [0.1, 0.15) is 16.8 Å². The van der Waals surface area contributed by atoms with Crippen LogP contribution in [0.2, 0.25) is 5.02 Å². The van der Waals surface area contributed by atoms with E-state index in [4.69, 9.17) is 21.6 Å². The summed E-state index contributed by atoms with van der Waals surface area (Å²) in [6, 6.07) is 14.2. The fourth-order valence-corrected chi connectivity index (χ4v) is 2.31. The molecule has 0 spiro atoms. The van der Waals surface area contributed by atoms with Gasteiger partial charge in [0.05, 0.1) is 18.1 Å². The highest BCUT2D eigenvalue weighted by Gasteiger charge is 2.18. The maximum atomic E-state index is 12.4. The van der Waals surface area contributed by atoms with Gasteiger partial charge in [0.15, 0.2) is 6.61 Å². The van der Waals surface area contributed by atoms with Gasteiger partial charge in [-0.1, -0.05) is 23.7 Å². The number of carbonyl (C=O) groups is 2. The number of nitrogens with zero attached hydrogens (tertiary/aromatic N) is 2. The number of phenolic OH excluding ortho intramolecular Hbond substituents is 1. The number of halogens is 1. The molecule has 0 unspecified atom stereocenters. The minimum absolute atomic E-state index is 0.0737. The van der Waals surface area contributed by atoms with Gasteiger partial charge in [0.25, 0.3) is 5.91 Å². The predicted molar refractivity (Wildman–Crippen MR) is 92.4 cm³/mol. The number of aromatic hydroxyl groups is 1. The van der Waals surface area contributed by atoms with Crippen LogP contribution in [0.4, 0.5) is 5.69 Å². The molecular weight excluding hydrogens is 344 g/mol. The number of esters is 1. The van der Waals surface area contributed by atoms with E-state index in [2.05, 4.69) is 0 Å². The third-order valence-electron chi connectivity index (χ3n) is 3.28. The number of benzene rings is 2. The van der Waals surface area contributed by atoms with Crippen molar-refractivity contribution in [2.24, 2.45) is 0 Å². The zero-order valence-electron chi connectivity index (χ0n) is 13.2. The van der Waals surface area contributed by atoms with Crippen molar-refractivity contribution in [3.05, 3.63) is 59.1 Å². The lowest BCUT2D eigenvalue weighted by molar-refractivity contribution is -0.121. The lowest BCUT2D eigenvalue weighted by Crippen LogP contribution is -2.35. The normalized spacial score (nSPS) is 9.92. The van der Waals surface area contributed by atoms with Crippen LogP contribution in [-0.4, -0.2) is 30.1 Å². The summed E-state index contributed by atoms with van der Waals surface area (Å²) in [5.41, 5.74) is 0.653. The van der Waals surface area contributed by atoms with Crippen LogP contribution in [0, 0.1) is 11.3 Å². The zero-order valence-corrected chi connectivity index (χ0v) is 13.9. The fourth-order valence-electron chi connectivity index (χ4n) is 2.13. The molecule has 1 amide bonds. The van der Waals surface area contributed by atoms with E-state index in [1.54, 1.807) is 24.3 Å². The summed E-state index contributed by atoms with van der Waals surface area (Å²) in [5, 5.41) is 18.6. The van der Waals surface area contributed by atoms with Gasteiger partial charge < -0.3 is 14.7 Å². The summed E-state index contributed by atoms with van der Waals surface area (Å²) in [5.74, 6) is -1.28. The second-order valence-electron chi connectivity index (χ2n) is 5.06. The average Bonchev–Trinajstić information content (AvgIpc) is 2.60. The van der Waals surface area contributed by atoms with Gasteiger partial charge in [0.2, 0.25) is 0 Å². The highest BCUT2D eigenvalue weighted by molar-refractivity contribution is 6.30. The monoisotopic (exact) mass is 358 g/mol. The minimum Gasteiger partial charge on any atom is -0.508 e. The van der Waals surface area contributed by atoms with Crippen LogP contribution in [0.5, 0.6) is 5.75 Å². The van der Waals surface area contributed by atoms with Gasteiger partial charge in [0, 0.05) is 17.3 Å². The van der Waals surface area contributed by atoms with E-state index >= 15 is 0 Å². The molecule has 0 bridgehead atoms. The Morgan fingerprint density at radius 2 is 1.96 bits per heavy atom. The molecule has 0 aromatic heterocycles. The van der Waals surface area contributed by atoms with Crippen molar-refractivity contribution in [3.63, 3.8) is 0 Å². The standard InChI is InChI=1S/C18H15ClN2O4/c19-14-5-2-6-15(11-14)21(9-3-8-20)17(23)12-25-18(24)13-4-1-7-16(22)10-13/h1-2,4-7,10-11,22H,3,9,12H2. The van der Waals surface area contributed by atoms with E-state index in [0.29, 0.717) is 10.7 Å². The molecule has 128 valence electrons. The summed E-state index contributed by atoms with van der Waals surface area (Å²) < 4.78 is 5.00. The first-order valence-electron chi connectivity index (χ1n) is 7.40. The molecule has 0 heterocycles. The van der Waals surface area contributed by atoms with Crippen molar-refractivity contribution < 1.29 is 19.4 Å². The third kappa shape index (κ3) is 5.23. The molecular formula is C18H15ClN2O4. The molecule has 0 aliphatic carbocycles. The quantitative estimate of drug-likeness (QED) is 0.801. The van der Waals surface area contributed by atoms with Crippen molar-refractivity contribution in [3.8, 4) is 11.8 Å². The maximum absolute atomic E-state index is 12.4. The van der Waals surface area contributed by atoms with Crippen LogP contribution in [-0.2, 0) is 9.53 Å². The average molecular weight is 359 g/mol. The number of hydrogen-bond acceptors (Lipinski definition) is 5. The topological polar surface area (TPSA) is 90.6 Å². The zero-order chi connectivity index (χ0) is 18.2. The van der Waals surface area contributed by atoms with Gasteiger partial charge >= 0.3 is 5.97 Å². The van der Waals surface area contributed by atoms with E-state index in [1.807, 2.05) is 6.07 Å². The first-order valence-corrected chi connectivity index (χ1v) is 7.78. The van der Waals surface area contributed by atoms with Crippen molar-refractivity contribution in [2.75, 3.05) is 18.1 Å². The molecule has 2 aromatic rings. The van der Waals surface area contributed by atoms with Gasteiger partial charge in [-0.25, -0.2) is 4.79 Å². The molecule has 0 atom stereocenters. The number of hydrogen-bond donors (Lipinski definition) is 1. The number of phenols is 1. The molecule has 2 rings (SSSR count). The SMILES string of the molecule is N#CCCN(C(=O)COC(=O)c1cccc(O)c1)c1cccc(Cl)c1. The highest BCUT2D eigenvalue weighted by Crippen LogP contribution is 2.20. The van der Waals surface area contributed by atoms with E-state index in [1.165, 1.54) is 29.2 Å². The van der Waals surface area contributed by atoms with E-state index in [0.717, 1.165) is 0 Å². The van der Waals surface area contributed by atoms with E-state index < -0.39 is 18.5 Å². The summed E-state index contributed by atoms with van der Waals surface area (Å²) in [6.07, 6.45) is 0.124. The molecule has 0 fully saturated rings. The first kappa shape index (κ1) is 18.3. The second kappa shape index (κ2) is 8.71. The summed E-state index contributed by atoms with van der Waals surface area (Å²) >= 11 is 5.94. The number of ether oxygens (including phenoxy) is 1. The number of rotatable bonds is 6. The molecule has 0 radical (unpaired) electrons. The molecule has 0 saturated heterocycles. The van der Waals surface area contributed by atoms with Crippen LogP contribution in [0.3, 0.4) is 0 Å². The minimum atomic E-state index is -0.726. The summed E-state index contributed by atoms with van der Waals surface area (Å²) in [4.78, 5) is 25.7. The second-order valence-corrected chi connectivity index (χ2v) is 5.50. The van der Waals surface area contributed by atoms with Crippen molar-refractivity contribution in [2.45, 2.75) is 6.42 Å². The molecule has 0 saturated carbocycles. The molecule has 0 aliphatic heterocycles. The molecule has 2 aromatic carbocycles. The first-order chi connectivity index (χ1) is 12.0. The smallest absolute Gasteiger partial charge is 0.338 e. The van der Waals surface area contributed by atoms with Gasteiger partial charge in [0.1, 0.15) is 5.75 Å². The van der Waals surface area contributed by atoms with Gasteiger partial charge in [-0.2, -0.15) is 5.26 Å². The molecule has 7 heteroatoms. The van der Waals surface area contributed by atoms with Crippen LogP contribution in [0.15, 0.2) is 48.5 Å². The Balaban J connectivity index is 2.06. The van der Waals surface area contributed by atoms with Crippen LogP contribution in [0.25, 0.3) is 0 Å². The van der Waals surface area contributed by atoms with E-state index in [-0.39, 0.29) is 24.3 Å². The number of carbonyl (C=O) groups excluding carboxylic acids is 2. The Hall–Kier alpha value is -3.04. The van der Waals surface area contributed by atoms with Crippen molar-refractivity contribution >= 4 is 29.2 Å². The Morgan fingerprint density at radius 1 is 1.20 bits per heavy atom. The highest BCUT2D eigenvalue weighted by atomic mass is 35.5. The Morgan fingerprint density at radius 3 is 2.64 bits per heavy atom. The molecule has 6 nitrogen and oxygen atoms in total. The number of nitriles is 1. The Bertz CT molecular complexity index is 817. The summed E-state index contributed by atoms with van der Waals surface area (Å²) in [7, 11) is 0. The van der Waals surface area contributed by atoms with Crippen LogP contribution >= 0.6 is 11.6 Å². The van der Waals surface area contributed by atoms with Crippen molar-refractivity contribution in [1.82, 2.24) is 0 Å². The van der Waals surface area contributed by atoms with E-state index in [9.17, 15) is 14.7 Å². The number of anilines is 1. The largest absolute Gasteiger partial charge is 0.508 e. The Kier molecular flexibility index (Phi) is 6.38. The van der Waals surface area contributed by atoms with Gasteiger partial charge in [-0.05, 0) is 36.4 Å². The summed E-state index contributed by atoms with van der Waals surface area (Å²) in [6.45, 7) is -0.341. The maximum Gasteiger partial charge on any atom is 0.338 e. The molecule has 1 N–H and O–H groups in total. The molecule has 0 aliphatic rings. The Labute approximate surface area is 149 Å². The number of amides is 1. The third-order valence-corrected chi connectivity index (χ3v) is 3.51. The van der Waals surface area contributed by atoms with Gasteiger partial charge in [-0.15, -0.1) is 0 Å². The lowest BCUT2D eigenvalue weighted by atomic mass is 10.2. The van der Waals surface area contributed by atoms with Gasteiger partial charge in [-0.3, -0.25) is 4.79 Å².